The van der Waals surface area contributed by atoms with E-state index in [1.54, 1.807) is 0 Å². The first kappa shape index (κ1) is 20.1. The number of imidazole rings is 1. The Labute approximate surface area is 183 Å². The maximum atomic E-state index is 13.0. The number of para-hydroxylation sites is 3. The number of rotatable bonds is 4. The molecule has 0 bridgehead atoms. The molecule has 0 radical (unpaired) electrons. The van der Waals surface area contributed by atoms with Gasteiger partial charge in [0.05, 0.1) is 11.0 Å². The number of nitrogens with zero attached hydrogens (tertiary/aromatic N) is 3. The second-order valence-electron chi connectivity index (χ2n) is 8.84. The highest BCUT2D eigenvalue weighted by Gasteiger charge is 2.27. The molecule has 3 aromatic rings. The van der Waals surface area contributed by atoms with Crippen LogP contribution in [-0.2, 0) is 11.3 Å². The molecule has 1 fully saturated rings. The third-order valence-electron chi connectivity index (χ3n) is 6.42. The van der Waals surface area contributed by atoms with Gasteiger partial charge in [0.25, 0.3) is 0 Å². The Morgan fingerprint density at radius 1 is 1.16 bits per heavy atom. The number of benzene rings is 2. The molecule has 0 spiro atoms. The Balaban J connectivity index is 1.20. The summed E-state index contributed by atoms with van der Waals surface area (Å²) in [6, 6.07) is 16.3. The van der Waals surface area contributed by atoms with Crippen molar-refractivity contribution >= 4 is 16.9 Å². The van der Waals surface area contributed by atoms with Gasteiger partial charge < -0.3 is 14.6 Å². The average Bonchev–Trinajstić information content (AvgIpc) is 3.15. The molecule has 0 saturated carbocycles. The summed E-state index contributed by atoms with van der Waals surface area (Å²) in [6.45, 7) is 6.12. The Hall–Kier alpha value is -2.86. The first-order valence-electron chi connectivity index (χ1n) is 11.3. The molecule has 1 amide bonds. The number of aromatic nitrogens is 2. The van der Waals surface area contributed by atoms with Crippen LogP contribution in [0.5, 0.6) is 5.75 Å². The van der Waals surface area contributed by atoms with Crippen molar-refractivity contribution in [2.45, 2.75) is 44.8 Å². The number of likely N-dealkylation sites (tertiary alicyclic amines) is 1. The minimum absolute atomic E-state index is 0.117. The van der Waals surface area contributed by atoms with E-state index in [2.05, 4.69) is 28.9 Å². The van der Waals surface area contributed by atoms with Crippen LogP contribution in [0, 0.1) is 0 Å². The molecule has 162 valence electrons. The topological polar surface area (TPSA) is 61.5 Å². The molecular weight excluding hydrogens is 388 g/mol. The van der Waals surface area contributed by atoms with Crippen molar-refractivity contribution in [1.29, 1.82) is 0 Å². The van der Waals surface area contributed by atoms with E-state index in [9.17, 15) is 4.79 Å². The van der Waals surface area contributed by atoms with Gasteiger partial charge >= 0.3 is 0 Å². The Morgan fingerprint density at radius 2 is 2.00 bits per heavy atom. The Kier molecular flexibility index (Phi) is 5.64. The molecule has 31 heavy (non-hydrogen) atoms. The maximum absolute atomic E-state index is 13.0. The van der Waals surface area contributed by atoms with Crippen LogP contribution in [0.4, 0.5) is 0 Å². The van der Waals surface area contributed by atoms with Crippen LogP contribution >= 0.6 is 0 Å². The van der Waals surface area contributed by atoms with Crippen molar-refractivity contribution in [3.8, 4) is 5.75 Å². The van der Waals surface area contributed by atoms with Gasteiger partial charge in [-0.1, -0.05) is 30.3 Å². The molecule has 2 atom stereocenters. The van der Waals surface area contributed by atoms with E-state index in [4.69, 9.17) is 9.72 Å². The number of carbonyl (C=O) groups excluding carboxylic acids is 1. The lowest BCUT2D eigenvalue weighted by atomic mass is 9.97. The normalized spacial score (nSPS) is 22.0. The number of carbonyl (C=O) groups is 1. The summed E-state index contributed by atoms with van der Waals surface area (Å²) in [7, 11) is 0. The van der Waals surface area contributed by atoms with Gasteiger partial charge in [-0.25, -0.2) is 4.98 Å². The minimum Gasteiger partial charge on any atom is -0.489 e. The zero-order valence-corrected chi connectivity index (χ0v) is 18.1. The molecule has 2 aliphatic rings. The molecule has 2 aliphatic heterocycles. The van der Waals surface area contributed by atoms with Crippen LogP contribution in [-0.4, -0.2) is 58.0 Å². The van der Waals surface area contributed by atoms with Crippen molar-refractivity contribution in [2.75, 3.05) is 26.2 Å². The van der Waals surface area contributed by atoms with Gasteiger partial charge in [-0.05, 0) is 38.0 Å². The van der Waals surface area contributed by atoms with Gasteiger partial charge in [-0.2, -0.15) is 0 Å². The summed E-state index contributed by atoms with van der Waals surface area (Å²) >= 11 is 0. The third kappa shape index (κ3) is 4.44. The fourth-order valence-electron chi connectivity index (χ4n) is 4.85. The smallest absolute Gasteiger partial charge is 0.223 e. The summed E-state index contributed by atoms with van der Waals surface area (Å²) in [5, 5.41) is 0. The molecule has 0 unspecified atom stereocenters. The number of aromatic amines is 1. The van der Waals surface area contributed by atoms with Crippen molar-refractivity contribution < 1.29 is 9.53 Å². The first-order valence-corrected chi connectivity index (χ1v) is 11.3. The molecule has 3 heterocycles. The second kappa shape index (κ2) is 8.71. The molecule has 5 rings (SSSR count). The molecule has 2 aromatic carbocycles. The van der Waals surface area contributed by atoms with Crippen LogP contribution in [0.1, 0.15) is 43.5 Å². The second-order valence-corrected chi connectivity index (χ2v) is 8.84. The SMILES string of the molecule is C[C@H]1CN(CCC(=O)N2CCC[C@@H](c3nc4ccccc4[nH]3)C2)Cc2ccccc2O1. The molecule has 6 heteroatoms. The van der Waals surface area contributed by atoms with Gasteiger partial charge in [0.2, 0.25) is 5.91 Å². The lowest BCUT2D eigenvalue weighted by Gasteiger charge is -2.32. The van der Waals surface area contributed by atoms with E-state index in [1.165, 1.54) is 5.56 Å². The van der Waals surface area contributed by atoms with Crippen LogP contribution < -0.4 is 4.74 Å². The van der Waals surface area contributed by atoms with Gasteiger partial charge in [0, 0.05) is 50.6 Å². The molecule has 0 aliphatic carbocycles. The summed E-state index contributed by atoms with van der Waals surface area (Å²) in [5.41, 5.74) is 3.26. The zero-order chi connectivity index (χ0) is 21.2. The predicted molar refractivity (Wildman–Crippen MR) is 121 cm³/mol. The van der Waals surface area contributed by atoms with E-state index in [-0.39, 0.29) is 17.9 Å². The fourth-order valence-corrected chi connectivity index (χ4v) is 4.85. The minimum atomic E-state index is 0.117. The van der Waals surface area contributed by atoms with Crippen molar-refractivity contribution in [3.05, 3.63) is 59.9 Å². The number of amides is 1. The lowest BCUT2D eigenvalue weighted by Crippen LogP contribution is -2.41. The lowest BCUT2D eigenvalue weighted by molar-refractivity contribution is -0.132. The van der Waals surface area contributed by atoms with E-state index >= 15 is 0 Å². The highest BCUT2D eigenvalue weighted by atomic mass is 16.5. The standard InChI is InChI=1S/C25H30N4O2/c1-18-15-28(16-19-7-2-5-11-23(19)31-18)14-12-24(30)29-13-6-8-20(17-29)25-26-21-9-3-4-10-22(21)27-25/h2-5,7,9-11,18,20H,6,8,12-17H2,1H3,(H,26,27)/t18-,20+/m0/s1. The summed E-state index contributed by atoms with van der Waals surface area (Å²) in [5.74, 6) is 2.50. The number of H-pyrrole nitrogens is 1. The molecule has 6 nitrogen and oxygen atoms in total. The summed E-state index contributed by atoms with van der Waals surface area (Å²) in [4.78, 5) is 25.6. The third-order valence-corrected chi connectivity index (χ3v) is 6.42. The quantitative estimate of drug-likeness (QED) is 0.697. The zero-order valence-electron chi connectivity index (χ0n) is 18.1. The molecular formula is C25H30N4O2. The number of hydrogen-bond donors (Lipinski definition) is 1. The number of hydrogen-bond acceptors (Lipinski definition) is 4. The summed E-state index contributed by atoms with van der Waals surface area (Å²) in [6.07, 6.45) is 2.75. The Morgan fingerprint density at radius 3 is 2.90 bits per heavy atom. The van der Waals surface area contributed by atoms with E-state index in [0.717, 1.165) is 68.2 Å². The van der Waals surface area contributed by atoms with Crippen molar-refractivity contribution in [2.24, 2.45) is 0 Å². The number of nitrogens with one attached hydrogen (secondary N) is 1. The van der Waals surface area contributed by atoms with Crippen LogP contribution in [0.25, 0.3) is 11.0 Å². The molecule has 1 aromatic heterocycles. The largest absolute Gasteiger partial charge is 0.489 e. The molecule has 1 saturated heterocycles. The van der Waals surface area contributed by atoms with Gasteiger partial charge in [-0.3, -0.25) is 9.69 Å². The first-order chi connectivity index (χ1) is 15.2. The highest BCUT2D eigenvalue weighted by Crippen LogP contribution is 2.28. The predicted octanol–water partition coefficient (Wildman–Crippen LogP) is 3.94. The number of fused-ring (bicyclic) bond motifs is 2. The average molecular weight is 419 g/mol. The summed E-state index contributed by atoms with van der Waals surface area (Å²) < 4.78 is 6.05. The van der Waals surface area contributed by atoms with Crippen molar-refractivity contribution in [3.63, 3.8) is 0 Å². The van der Waals surface area contributed by atoms with Gasteiger partial charge in [0.1, 0.15) is 17.7 Å². The van der Waals surface area contributed by atoms with E-state index in [1.807, 2.05) is 41.3 Å². The monoisotopic (exact) mass is 418 g/mol. The van der Waals surface area contributed by atoms with Crippen LogP contribution in [0.3, 0.4) is 0 Å². The molecule has 1 N–H and O–H groups in total. The fraction of sp³-hybridized carbons (Fsp3) is 0.440. The highest BCUT2D eigenvalue weighted by molar-refractivity contribution is 5.77. The van der Waals surface area contributed by atoms with Gasteiger partial charge in [0.15, 0.2) is 0 Å². The van der Waals surface area contributed by atoms with E-state index in [0.29, 0.717) is 6.42 Å². The maximum Gasteiger partial charge on any atom is 0.223 e. The van der Waals surface area contributed by atoms with Crippen molar-refractivity contribution in [1.82, 2.24) is 19.8 Å². The van der Waals surface area contributed by atoms with Gasteiger partial charge in [-0.15, -0.1) is 0 Å². The van der Waals surface area contributed by atoms with E-state index < -0.39 is 0 Å². The number of ether oxygens (including phenoxy) is 1. The van der Waals surface area contributed by atoms with Crippen LogP contribution in [0.2, 0.25) is 0 Å². The Bertz CT molecular complexity index is 1030. The number of piperidine rings is 1. The van der Waals surface area contributed by atoms with Crippen LogP contribution in [0.15, 0.2) is 48.5 Å².